The van der Waals surface area contributed by atoms with E-state index in [1.54, 1.807) is 0 Å². The Morgan fingerprint density at radius 3 is 2.22 bits per heavy atom. The van der Waals surface area contributed by atoms with Crippen LogP contribution in [-0.2, 0) is 16.0 Å². The fraction of sp³-hybridized carbons (Fsp3) is 0.636. The molecular formula is C22H35NO3S. The molecule has 0 aromatic heterocycles. The lowest BCUT2D eigenvalue weighted by Crippen LogP contribution is -2.42. The number of carbonyl (C=O) groups excluding carboxylic acids is 1. The highest BCUT2D eigenvalue weighted by Crippen LogP contribution is 2.12. The highest BCUT2D eigenvalue weighted by molar-refractivity contribution is 7.99. The van der Waals surface area contributed by atoms with E-state index in [2.05, 4.69) is 12.2 Å². The lowest BCUT2D eigenvalue weighted by Gasteiger charge is -2.14. The fourth-order valence-electron chi connectivity index (χ4n) is 2.94. The number of rotatable bonds is 16. The molecule has 152 valence electrons. The van der Waals surface area contributed by atoms with Gasteiger partial charge in [0.25, 0.3) is 0 Å². The highest BCUT2D eigenvalue weighted by atomic mass is 32.2. The first-order valence-electron chi connectivity index (χ1n) is 10.3. The van der Waals surface area contributed by atoms with Gasteiger partial charge in [0.1, 0.15) is 6.04 Å². The summed E-state index contributed by atoms with van der Waals surface area (Å²) in [5, 5.41) is 12.0. The Kier molecular flexibility index (Phi) is 13.6. The highest BCUT2D eigenvalue weighted by Gasteiger charge is 2.19. The Bertz CT molecular complexity index is 522. The van der Waals surface area contributed by atoms with E-state index in [-0.39, 0.29) is 5.91 Å². The minimum atomic E-state index is -0.982. The van der Waals surface area contributed by atoms with Crippen LogP contribution in [0.4, 0.5) is 0 Å². The van der Waals surface area contributed by atoms with Crippen LogP contribution in [0.2, 0.25) is 0 Å². The van der Waals surface area contributed by atoms with E-state index in [1.165, 1.54) is 43.6 Å². The summed E-state index contributed by atoms with van der Waals surface area (Å²) in [5.74, 6) is 1.41. The fourth-order valence-corrected chi connectivity index (χ4v) is 3.84. The molecule has 0 spiro atoms. The SMILES string of the molecule is CCCSCCCCCCCCCC(=O)NC(Cc1ccccc1)C(=O)O. The second-order valence-electron chi connectivity index (χ2n) is 6.99. The number of carboxylic acids is 1. The van der Waals surface area contributed by atoms with Crippen molar-refractivity contribution in [3.8, 4) is 0 Å². The van der Waals surface area contributed by atoms with Crippen molar-refractivity contribution in [1.29, 1.82) is 0 Å². The summed E-state index contributed by atoms with van der Waals surface area (Å²) in [7, 11) is 0. The number of hydrogen-bond acceptors (Lipinski definition) is 3. The number of hydrogen-bond donors (Lipinski definition) is 2. The van der Waals surface area contributed by atoms with Crippen molar-refractivity contribution in [3.63, 3.8) is 0 Å². The number of carboxylic acid groups (broad SMARTS) is 1. The van der Waals surface area contributed by atoms with Crippen molar-refractivity contribution in [2.75, 3.05) is 11.5 Å². The smallest absolute Gasteiger partial charge is 0.326 e. The third-order valence-corrected chi connectivity index (χ3v) is 5.73. The maximum absolute atomic E-state index is 12.0. The Labute approximate surface area is 168 Å². The van der Waals surface area contributed by atoms with E-state index >= 15 is 0 Å². The topological polar surface area (TPSA) is 66.4 Å². The van der Waals surface area contributed by atoms with Gasteiger partial charge in [0.2, 0.25) is 5.91 Å². The summed E-state index contributed by atoms with van der Waals surface area (Å²) >= 11 is 2.05. The summed E-state index contributed by atoms with van der Waals surface area (Å²) in [6.45, 7) is 2.22. The zero-order valence-electron chi connectivity index (χ0n) is 16.6. The number of nitrogens with one attached hydrogen (secondary N) is 1. The summed E-state index contributed by atoms with van der Waals surface area (Å²) in [6, 6.07) is 8.55. The van der Waals surface area contributed by atoms with Crippen molar-refractivity contribution in [3.05, 3.63) is 35.9 Å². The maximum atomic E-state index is 12.0. The molecule has 0 aliphatic rings. The van der Waals surface area contributed by atoms with Crippen LogP contribution in [-0.4, -0.2) is 34.5 Å². The van der Waals surface area contributed by atoms with E-state index in [0.717, 1.165) is 24.8 Å². The van der Waals surface area contributed by atoms with Crippen molar-refractivity contribution in [2.45, 2.75) is 77.2 Å². The quantitative estimate of drug-likeness (QED) is 0.385. The summed E-state index contributed by atoms with van der Waals surface area (Å²) in [6.07, 6.45) is 10.1. The van der Waals surface area contributed by atoms with E-state index in [4.69, 9.17) is 0 Å². The van der Waals surface area contributed by atoms with Crippen LogP contribution >= 0.6 is 11.8 Å². The third kappa shape index (κ3) is 12.5. The third-order valence-electron chi connectivity index (χ3n) is 4.46. The number of benzene rings is 1. The minimum Gasteiger partial charge on any atom is -0.480 e. The average Bonchev–Trinajstić information content (AvgIpc) is 2.66. The Morgan fingerprint density at radius 1 is 0.963 bits per heavy atom. The summed E-state index contributed by atoms with van der Waals surface area (Å²) in [4.78, 5) is 23.4. The average molecular weight is 394 g/mol. The molecule has 0 saturated heterocycles. The molecule has 1 amide bonds. The predicted octanol–water partition coefficient (Wildman–Crippen LogP) is 5.06. The van der Waals surface area contributed by atoms with Crippen molar-refractivity contribution in [2.24, 2.45) is 0 Å². The second-order valence-corrected chi connectivity index (χ2v) is 8.21. The zero-order chi connectivity index (χ0) is 19.7. The van der Waals surface area contributed by atoms with Gasteiger partial charge in [-0.05, 0) is 36.3 Å². The van der Waals surface area contributed by atoms with E-state index in [0.29, 0.717) is 12.8 Å². The molecule has 2 N–H and O–H groups in total. The number of aliphatic carboxylic acids is 1. The number of thioether (sulfide) groups is 1. The number of unbranched alkanes of at least 4 members (excludes halogenated alkanes) is 6. The number of carbonyl (C=O) groups is 2. The summed E-state index contributed by atoms with van der Waals surface area (Å²) in [5.41, 5.74) is 0.915. The zero-order valence-corrected chi connectivity index (χ0v) is 17.4. The van der Waals surface area contributed by atoms with Gasteiger partial charge in [-0.15, -0.1) is 0 Å². The first-order chi connectivity index (χ1) is 13.1. The van der Waals surface area contributed by atoms with Crippen LogP contribution in [0.15, 0.2) is 30.3 Å². The van der Waals surface area contributed by atoms with E-state index in [1.807, 2.05) is 42.1 Å². The van der Waals surface area contributed by atoms with Gasteiger partial charge in [-0.2, -0.15) is 11.8 Å². The molecule has 0 bridgehead atoms. The Morgan fingerprint density at radius 2 is 1.59 bits per heavy atom. The number of amides is 1. The van der Waals surface area contributed by atoms with Crippen LogP contribution in [0.25, 0.3) is 0 Å². The maximum Gasteiger partial charge on any atom is 0.326 e. The molecular weight excluding hydrogens is 358 g/mol. The molecule has 1 aromatic carbocycles. The Hall–Kier alpha value is -1.49. The van der Waals surface area contributed by atoms with Gasteiger partial charge in [-0.1, -0.05) is 69.4 Å². The second kappa shape index (κ2) is 15.6. The lowest BCUT2D eigenvalue weighted by atomic mass is 10.1. The normalized spacial score (nSPS) is 11.9. The molecule has 5 heteroatoms. The molecule has 0 aliphatic carbocycles. The van der Waals surface area contributed by atoms with Gasteiger partial charge in [-0.3, -0.25) is 4.79 Å². The van der Waals surface area contributed by atoms with Gasteiger partial charge in [-0.25, -0.2) is 4.79 Å². The molecule has 1 atom stereocenters. The molecule has 1 unspecified atom stereocenters. The van der Waals surface area contributed by atoms with Gasteiger partial charge in [0.05, 0.1) is 0 Å². The molecule has 0 heterocycles. The van der Waals surface area contributed by atoms with Crippen LogP contribution in [0.1, 0.15) is 70.3 Å². The van der Waals surface area contributed by atoms with Crippen LogP contribution < -0.4 is 5.32 Å². The molecule has 0 aliphatic heterocycles. The van der Waals surface area contributed by atoms with Crippen LogP contribution in [0.5, 0.6) is 0 Å². The van der Waals surface area contributed by atoms with E-state index in [9.17, 15) is 14.7 Å². The molecule has 1 rings (SSSR count). The van der Waals surface area contributed by atoms with Crippen molar-refractivity contribution in [1.82, 2.24) is 5.32 Å². The predicted molar refractivity (Wildman–Crippen MR) is 114 cm³/mol. The van der Waals surface area contributed by atoms with Gasteiger partial charge in [0, 0.05) is 12.8 Å². The molecule has 0 fully saturated rings. The first-order valence-corrected chi connectivity index (χ1v) is 11.4. The standard InChI is InChI=1S/C22H35NO3S/c1-2-16-27-17-12-7-5-3-4-6-11-15-21(24)23-20(22(25)26)18-19-13-9-8-10-14-19/h8-10,13-14,20H,2-7,11-12,15-18H2,1H3,(H,23,24)(H,25,26). The van der Waals surface area contributed by atoms with Crippen molar-refractivity contribution < 1.29 is 14.7 Å². The van der Waals surface area contributed by atoms with E-state index < -0.39 is 12.0 Å². The Balaban J connectivity index is 2.07. The van der Waals surface area contributed by atoms with Gasteiger partial charge >= 0.3 is 5.97 Å². The molecule has 1 aromatic rings. The van der Waals surface area contributed by atoms with Crippen LogP contribution in [0.3, 0.4) is 0 Å². The molecule has 0 saturated carbocycles. The van der Waals surface area contributed by atoms with Gasteiger partial charge in [0.15, 0.2) is 0 Å². The molecule has 0 radical (unpaired) electrons. The lowest BCUT2D eigenvalue weighted by molar-refractivity contribution is -0.141. The monoisotopic (exact) mass is 393 g/mol. The molecule has 4 nitrogen and oxygen atoms in total. The largest absolute Gasteiger partial charge is 0.480 e. The van der Waals surface area contributed by atoms with Crippen LogP contribution in [0, 0.1) is 0 Å². The van der Waals surface area contributed by atoms with Crippen molar-refractivity contribution >= 4 is 23.6 Å². The minimum absolute atomic E-state index is 0.161. The first kappa shape index (κ1) is 23.5. The molecule has 27 heavy (non-hydrogen) atoms. The summed E-state index contributed by atoms with van der Waals surface area (Å²) < 4.78 is 0. The van der Waals surface area contributed by atoms with Gasteiger partial charge < -0.3 is 10.4 Å².